The van der Waals surface area contributed by atoms with Gasteiger partial charge in [0.05, 0.1) is 6.20 Å². The van der Waals surface area contributed by atoms with Crippen LogP contribution in [0.2, 0.25) is 0 Å². The Morgan fingerprint density at radius 1 is 1.33 bits per heavy atom. The molecule has 0 aliphatic heterocycles. The van der Waals surface area contributed by atoms with Gasteiger partial charge < -0.3 is 10.7 Å². The fourth-order valence-corrected chi connectivity index (χ4v) is 1.83. The Labute approximate surface area is 88.2 Å². The predicted molar refractivity (Wildman–Crippen MR) is 57.2 cm³/mol. The van der Waals surface area contributed by atoms with E-state index < -0.39 is 0 Å². The average Bonchev–Trinajstić information content (AvgIpc) is 2.82. The number of hydrogen-bond donors (Lipinski definition) is 2. The average molecular weight is 218 g/mol. The molecule has 0 saturated heterocycles. The molecule has 0 radical (unpaired) electrons. The van der Waals surface area contributed by atoms with Crippen molar-refractivity contribution in [2.75, 3.05) is 5.73 Å². The van der Waals surface area contributed by atoms with Gasteiger partial charge in [0.2, 0.25) is 0 Å². The number of thiazole rings is 1. The second-order valence-electron chi connectivity index (χ2n) is 2.92. The van der Waals surface area contributed by atoms with Crippen LogP contribution in [0.3, 0.4) is 0 Å². The molecule has 0 aliphatic carbocycles. The Morgan fingerprint density at radius 3 is 3.00 bits per heavy atom. The van der Waals surface area contributed by atoms with Gasteiger partial charge in [-0.05, 0) is 0 Å². The quantitative estimate of drug-likeness (QED) is 0.637. The summed E-state index contributed by atoms with van der Waals surface area (Å²) in [6.07, 6.45) is 3.14. The van der Waals surface area contributed by atoms with Gasteiger partial charge in [-0.3, -0.25) is 0 Å². The van der Waals surface area contributed by atoms with Crippen LogP contribution in [0.1, 0.15) is 0 Å². The van der Waals surface area contributed by atoms with Crippen LogP contribution in [0, 0.1) is 0 Å². The van der Waals surface area contributed by atoms with Crippen LogP contribution in [0.15, 0.2) is 17.9 Å². The summed E-state index contributed by atoms with van der Waals surface area (Å²) in [7, 11) is 0. The highest BCUT2D eigenvalue weighted by Crippen LogP contribution is 2.21. The van der Waals surface area contributed by atoms with Crippen molar-refractivity contribution in [3.63, 3.8) is 0 Å². The van der Waals surface area contributed by atoms with Crippen molar-refractivity contribution in [3.8, 4) is 11.5 Å². The number of hydrogen-bond acceptors (Lipinski definition) is 6. The fourth-order valence-electron chi connectivity index (χ4n) is 1.28. The van der Waals surface area contributed by atoms with Crippen LogP contribution in [0.25, 0.3) is 22.7 Å². The summed E-state index contributed by atoms with van der Waals surface area (Å²) in [5, 5.41) is 2.37. The third-order valence-corrected chi connectivity index (χ3v) is 2.60. The number of nitrogen functional groups attached to an aromatic ring is 1. The number of nitrogens with zero attached hydrogens (tertiary/aromatic N) is 4. The predicted octanol–water partition coefficient (Wildman–Crippen LogP) is 1.06. The summed E-state index contributed by atoms with van der Waals surface area (Å²) in [6, 6.07) is 0. The van der Waals surface area contributed by atoms with Crippen molar-refractivity contribution < 1.29 is 0 Å². The molecule has 0 aliphatic rings. The van der Waals surface area contributed by atoms with E-state index in [9.17, 15) is 0 Å². The number of nitrogens with two attached hydrogens (primary N) is 1. The van der Waals surface area contributed by atoms with Gasteiger partial charge in [0, 0.05) is 5.38 Å². The molecule has 3 N–H and O–H groups in total. The van der Waals surface area contributed by atoms with Crippen molar-refractivity contribution in [1.82, 2.24) is 24.9 Å². The second kappa shape index (κ2) is 2.99. The first-order valence-corrected chi connectivity index (χ1v) is 5.08. The summed E-state index contributed by atoms with van der Waals surface area (Å²) < 4.78 is 0. The molecule has 0 unspecified atom stereocenters. The van der Waals surface area contributed by atoms with E-state index in [1.165, 1.54) is 17.7 Å². The molecule has 3 aromatic rings. The van der Waals surface area contributed by atoms with Crippen LogP contribution in [-0.4, -0.2) is 24.9 Å². The molecule has 0 spiro atoms. The minimum Gasteiger partial charge on any atom is -0.375 e. The number of fused-ring (bicyclic) bond motifs is 1. The fraction of sp³-hybridized carbons (Fsp3) is 0. The lowest BCUT2D eigenvalue weighted by Crippen LogP contribution is -1.84. The van der Waals surface area contributed by atoms with E-state index >= 15 is 0 Å². The number of nitrogens with one attached hydrogen (secondary N) is 1. The normalized spacial score (nSPS) is 10.9. The van der Waals surface area contributed by atoms with Gasteiger partial charge in [-0.15, -0.1) is 11.3 Å². The third-order valence-electron chi connectivity index (χ3n) is 1.93. The minimum atomic E-state index is 0.525. The molecule has 3 aromatic heterocycles. The summed E-state index contributed by atoms with van der Waals surface area (Å²) in [5.41, 5.74) is 7.70. The summed E-state index contributed by atoms with van der Waals surface area (Å²) in [5.74, 6) is 0.665. The monoisotopic (exact) mass is 218 g/mol. The SMILES string of the molecule is Nc1nc(-c2nc3ncncc3[nH]2)cs1. The zero-order valence-electron chi connectivity index (χ0n) is 7.51. The van der Waals surface area contributed by atoms with Crippen LogP contribution < -0.4 is 5.73 Å². The molecule has 3 heterocycles. The molecule has 7 heteroatoms. The molecule has 0 bridgehead atoms. The van der Waals surface area contributed by atoms with Gasteiger partial charge in [0.1, 0.15) is 17.5 Å². The number of imidazole rings is 1. The van der Waals surface area contributed by atoms with Gasteiger partial charge in [-0.25, -0.2) is 19.9 Å². The first-order chi connectivity index (χ1) is 7.33. The maximum atomic E-state index is 5.55. The van der Waals surface area contributed by atoms with E-state index in [2.05, 4.69) is 24.9 Å². The Balaban J connectivity index is 2.19. The van der Waals surface area contributed by atoms with E-state index in [-0.39, 0.29) is 0 Å². The van der Waals surface area contributed by atoms with Gasteiger partial charge in [-0.2, -0.15) is 0 Å². The Hall–Kier alpha value is -2.02. The topological polar surface area (TPSA) is 93.4 Å². The number of anilines is 1. The van der Waals surface area contributed by atoms with Gasteiger partial charge in [0.15, 0.2) is 16.6 Å². The highest BCUT2D eigenvalue weighted by atomic mass is 32.1. The number of rotatable bonds is 1. The standard InChI is InChI=1S/C8H6N6S/c9-8-13-5(2-15-8)7-12-4-1-10-3-11-6(4)14-7/h1-3H,(H2,9,13)(H,10,11,12,14). The number of aromatic nitrogens is 5. The highest BCUT2D eigenvalue weighted by Gasteiger charge is 2.08. The van der Waals surface area contributed by atoms with Crippen LogP contribution in [0.5, 0.6) is 0 Å². The molecular weight excluding hydrogens is 212 g/mol. The molecule has 0 amide bonds. The number of aromatic amines is 1. The van der Waals surface area contributed by atoms with E-state index in [4.69, 9.17) is 5.73 Å². The molecule has 0 saturated carbocycles. The van der Waals surface area contributed by atoms with Crippen LogP contribution >= 0.6 is 11.3 Å². The maximum absolute atomic E-state index is 5.55. The van der Waals surface area contributed by atoms with E-state index in [0.717, 1.165) is 11.2 Å². The molecule has 15 heavy (non-hydrogen) atoms. The lowest BCUT2D eigenvalue weighted by atomic mass is 10.5. The molecule has 6 nitrogen and oxygen atoms in total. The van der Waals surface area contributed by atoms with Gasteiger partial charge in [0.25, 0.3) is 0 Å². The number of H-pyrrole nitrogens is 1. The largest absolute Gasteiger partial charge is 0.375 e. The van der Waals surface area contributed by atoms with Crippen molar-refractivity contribution in [3.05, 3.63) is 17.9 Å². The van der Waals surface area contributed by atoms with Crippen molar-refractivity contribution in [2.45, 2.75) is 0 Å². The Kier molecular flexibility index (Phi) is 1.65. The minimum absolute atomic E-state index is 0.525. The second-order valence-corrected chi connectivity index (χ2v) is 3.81. The summed E-state index contributed by atoms with van der Waals surface area (Å²) in [6.45, 7) is 0. The maximum Gasteiger partial charge on any atom is 0.181 e. The molecule has 0 fully saturated rings. The lowest BCUT2D eigenvalue weighted by Gasteiger charge is -1.85. The van der Waals surface area contributed by atoms with Crippen molar-refractivity contribution >= 4 is 27.6 Å². The van der Waals surface area contributed by atoms with Crippen molar-refractivity contribution in [2.24, 2.45) is 0 Å². The van der Waals surface area contributed by atoms with Gasteiger partial charge >= 0.3 is 0 Å². The molecular formula is C8H6N6S. The lowest BCUT2D eigenvalue weighted by molar-refractivity contribution is 1.20. The molecule has 0 atom stereocenters. The van der Waals surface area contributed by atoms with E-state index in [1.54, 1.807) is 6.20 Å². The van der Waals surface area contributed by atoms with E-state index in [0.29, 0.717) is 16.6 Å². The Bertz CT molecular complexity index is 579. The Morgan fingerprint density at radius 2 is 2.27 bits per heavy atom. The summed E-state index contributed by atoms with van der Waals surface area (Å²) in [4.78, 5) is 19.4. The zero-order valence-corrected chi connectivity index (χ0v) is 8.32. The van der Waals surface area contributed by atoms with Crippen LogP contribution in [-0.2, 0) is 0 Å². The van der Waals surface area contributed by atoms with Gasteiger partial charge in [-0.1, -0.05) is 0 Å². The zero-order chi connectivity index (χ0) is 10.3. The first-order valence-electron chi connectivity index (χ1n) is 4.20. The summed E-state index contributed by atoms with van der Waals surface area (Å²) >= 11 is 1.38. The smallest absolute Gasteiger partial charge is 0.181 e. The molecule has 3 rings (SSSR count). The van der Waals surface area contributed by atoms with E-state index in [1.807, 2.05) is 5.38 Å². The van der Waals surface area contributed by atoms with Crippen molar-refractivity contribution in [1.29, 1.82) is 0 Å². The third kappa shape index (κ3) is 1.33. The van der Waals surface area contributed by atoms with Crippen LogP contribution in [0.4, 0.5) is 5.13 Å². The molecule has 0 aromatic carbocycles. The highest BCUT2D eigenvalue weighted by molar-refractivity contribution is 7.13. The first kappa shape index (κ1) is 8.30. The molecule has 74 valence electrons.